The molecule has 2 heterocycles. The molecule has 37 heavy (non-hydrogen) atoms. The highest BCUT2D eigenvalue weighted by Gasteiger charge is 2.29. The van der Waals surface area contributed by atoms with Crippen LogP contribution in [0.3, 0.4) is 0 Å². The van der Waals surface area contributed by atoms with Crippen LogP contribution in [-0.2, 0) is 11.3 Å². The van der Waals surface area contributed by atoms with Gasteiger partial charge in [-0.1, -0.05) is 18.2 Å². The summed E-state index contributed by atoms with van der Waals surface area (Å²) in [6.07, 6.45) is 1.85. The molecule has 5 rings (SSSR count). The number of nitrogens with zero attached hydrogens (tertiary/aromatic N) is 4. The zero-order valence-electron chi connectivity index (χ0n) is 21.2. The molecular weight excluding hydrogens is 478 g/mol. The molecule has 1 saturated heterocycles. The van der Waals surface area contributed by atoms with Crippen LogP contribution in [0, 0.1) is 24.5 Å². The number of halogens is 2. The van der Waals surface area contributed by atoms with Gasteiger partial charge in [-0.05, 0) is 49.9 Å². The first-order chi connectivity index (χ1) is 18.0. The fourth-order valence-electron chi connectivity index (χ4n) is 4.76. The maximum atomic E-state index is 14.6. The van der Waals surface area contributed by atoms with Gasteiger partial charge >= 0.3 is 0 Å². The van der Waals surface area contributed by atoms with Crippen molar-refractivity contribution in [1.29, 1.82) is 0 Å². The Morgan fingerprint density at radius 3 is 2.59 bits per heavy atom. The van der Waals surface area contributed by atoms with Crippen molar-refractivity contribution >= 4 is 0 Å². The van der Waals surface area contributed by atoms with Gasteiger partial charge in [0.05, 0.1) is 36.3 Å². The average Bonchev–Trinajstić information content (AvgIpc) is 3.65. The Morgan fingerprint density at radius 2 is 1.89 bits per heavy atom. The number of para-hydroxylation sites is 1. The molecule has 0 bridgehead atoms. The van der Waals surface area contributed by atoms with E-state index in [0.29, 0.717) is 44.6 Å². The van der Waals surface area contributed by atoms with Gasteiger partial charge < -0.3 is 14.6 Å². The van der Waals surface area contributed by atoms with E-state index in [1.54, 1.807) is 4.68 Å². The summed E-state index contributed by atoms with van der Waals surface area (Å²) in [4.78, 5) is 4.48. The second-order valence-electron chi connectivity index (χ2n) is 10.00. The number of aliphatic hydroxyl groups excluding tert-OH is 1. The number of aliphatic hydroxyl groups is 1. The molecule has 0 radical (unpaired) electrons. The molecule has 1 saturated carbocycles. The summed E-state index contributed by atoms with van der Waals surface area (Å²) in [7, 11) is 0. The Morgan fingerprint density at radius 1 is 1.14 bits per heavy atom. The molecule has 1 aromatic heterocycles. The number of benzene rings is 2. The lowest BCUT2D eigenvalue weighted by Crippen LogP contribution is -2.44. The molecule has 7 nitrogen and oxygen atoms in total. The van der Waals surface area contributed by atoms with Crippen LogP contribution in [0.15, 0.2) is 48.5 Å². The smallest absolute Gasteiger partial charge is 0.227 e. The van der Waals surface area contributed by atoms with Crippen LogP contribution in [0.4, 0.5) is 8.78 Å². The van der Waals surface area contributed by atoms with Crippen LogP contribution in [0.1, 0.15) is 24.1 Å². The van der Waals surface area contributed by atoms with E-state index < -0.39 is 17.7 Å². The van der Waals surface area contributed by atoms with Crippen molar-refractivity contribution in [3.63, 3.8) is 0 Å². The molecule has 1 N–H and O–H groups in total. The van der Waals surface area contributed by atoms with Gasteiger partial charge in [-0.25, -0.2) is 13.5 Å². The van der Waals surface area contributed by atoms with Gasteiger partial charge in [-0.15, -0.1) is 0 Å². The van der Waals surface area contributed by atoms with E-state index in [4.69, 9.17) is 14.6 Å². The van der Waals surface area contributed by atoms with E-state index in [0.717, 1.165) is 42.6 Å². The van der Waals surface area contributed by atoms with Crippen LogP contribution < -0.4 is 4.74 Å². The normalized spacial score (nSPS) is 17.3. The first kappa shape index (κ1) is 25.8. The van der Waals surface area contributed by atoms with Crippen LogP contribution >= 0.6 is 0 Å². The van der Waals surface area contributed by atoms with Gasteiger partial charge in [0.2, 0.25) is 5.88 Å². The third kappa shape index (κ3) is 6.73. The van der Waals surface area contributed by atoms with E-state index in [1.807, 2.05) is 37.3 Å². The van der Waals surface area contributed by atoms with Crippen molar-refractivity contribution in [2.45, 2.75) is 32.4 Å². The third-order valence-corrected chi connectivity index (χ3v) is 6.88. The predicted molar refractivity (Wildman–Crippen MR) is 136 cm³/mol. The standard InChI is InChI=1S/C28H34F2N4O3/c1-20-25(19-33(16-21-7-8-21)18-24(35)17-32-11-13-36-14-12-32)28(34(31-20)23-5-3-2-4-6-23)37-27-10-9-22(29)15-26(27)30/h2-6,9-10,15,21,24,35H,7-8,11-14,16-19H2,1H3/t24-/m0/s1. The van der Waals surface area contributed by atoms with Gasteiger partial charge in [-0.2, -0.15) is 5.10 Å². The lowest BCUT2D eigenvalue weighted by molar-refractivity contribution is 0.00585. The maximum Gasteiger partial charge on any atom is 0.227 e. The molecule has 0 amide bonds. The molecule has 198 valence electrons. The quantitative estimate of drug-likeness (QED) is 0.417. The molecule has 1 atom stereocenters. The van der Waals surface area contributed by atoms with Crippen LogP contribution in [-0.4, -0.2) is 76.7 Å². The second kappa shape index (κ2) is 11.7. The van der Waals surface area contributed by atoms with Gasteiger partial charge in [0.15, 0.2) is 11.6 Å². The Bertz CT molecular complexity index is 1180. The van der Waals surface area contributed by atoms with Crippen molar-refractivity contribution < 1.29 is 23.4 Å². The maximum absolute atomic E-state index is 14.6. The number of hydrogen-bond donors (Lipinski definition) is 1. The second-order valence-corrected chi connectivity index (χ2v) is 10.00. The van der Waals surface area contributed by atoms with E-state index >= 15 is 0 Å². The number of β-amino-alcohol motifs (C(OH)–C–C–N with tert-alkyl or cyclic N) is 1. The van der Waals surface area contributed by atoms with Crippen molar-refractivity contribution in [2.75, 3.05) is 45.9 Å². The van der Waals surface area contributed by atoms with Gasteiger partial charge in [-0.3, -0.25) is 9.80 Å². The molecule has 2 aliphatic rings. The molecular formula is C28H34F2N4O3. The number of ether oxygens (including phenoxy) is 2. The molecule has 1 aliphatic carbocycles. The minimum atomic E-state index is -0.778. The molecule has 0 unspecified atom stereocenters. The Kier molecular flexibility index (Phi) is 8.14. The molecule has 9 heteroatoms. The summed E-state index contributed by atoms with van der Waals surface area (Å²) in [5, 5.41) is 15.7. The van der Waals surface area contributed by atoms with Gasteiger partial charge in [0.1, 0.15) is 5.82 Å². The first-order valence-corrected chi connectivity index (χ1v) is 12.9. The number of aryl methyl sites for hydroxylation is 1. The summed E-state index contributed by atoms with van der Waals surface area (Å²) < 4.78 is 41.3. The number of morpholine rings is 1. The lowest BCUT2D eigenvalue weighted by atomic mass is 10.2. The average molecular weight is 513 g/mol. The van der Waals surface area contributed by atoms with E-state index in [-0.39, 0.29) is 5.75 Å². The van der Waals surface area contributed by atoms with Gasteiger partial charge in [0, 0.05) is 45.3 Å². The summed E-state index contributed by atoms with van der Waals surface area (Å²) >= 11 is 0. The van der Waals surface area contributed by atoms with Crippen LogP contribution in [0.25, 0.3) is 5.69 Å². The largest absolute Gasteiger partial charge is 0.435 e. The highest BCUT2D eigenvalue weighted by molar-refractivity contribution is 5.43. The van der Waals surface area contributed by atoms with E-state index in [1.165, 1.54) is 25.0 Å². The highest BCUT2D eigenvalue weighted by atomic mass is 19.1. The summed E-state index contributed by atoms with van der Waals surface area (Å²) in [6.45, 7) is 7.39. The van der Waals surface area contributed by atoms with Crippen molar-refractivity contribution in [1.82, 2.24) is 19.6 Å². The number of rotatable bonds is 11. The molecule has 3 aromatic rings. The predicted octanol–water partition coefficient (Wildman–Crippen LogP) is 4.16. The molecule has 0 spiro atoms. The van der Waals surface area contributed by atoms with E-state index in [9.17, 15) is 13.9 Å². The fourth-order valence-corrected chi connectivity index (χ4v) is 4.76. The van der Waals surface area contributed by atoms with Crippen LogP contribution in [0.2, 0.25) is 0 Å². The molecule has 2 fully saturated rings. The summed E-state index contributed by atoms with van der Waals surface area (Å²) in [6, 6.07) is 12.8. The fraction of sp³-hybridized carbons (Fsp3) is 0.464. The van der Waals surface area contributed by atoms with E-state index in [2.05, 4.69) is 9.80 Å². The minimum Gasteiger partial charge on any atom is -0.435 e. The van der Waals surface area contributed by atoms with Gasteiger partial charge in [0.25, 0.3) is 0 Å². The Labute approximate surface area is 216 Å². The summed E-state index contributed by atoms with van der Waals surface area (Å²) in [5.41, 5.74) is 2.34. The topological polar surface area (TPSA) is 63.0 Å². The van der Waals surface area contributed by atoms with Crippen LogP contribution in [0.5, 0.6) is 11.6 Å². The zero-order chi connectivity index (χ0) is 25.8. The van der Waals surface area contributed by atoms with Crippen molar-refractivity contribution in [3.05, 3.63) is 71.4 Å². The van der Waals surface area contributed by atoms with Crippen molar-refractivity contribution in [3.8, 4) is 17.3 Å². The third-order valence-electron chi connectivity index (χ3n) is 6.88. The first-order valence-electron chi connectivity index (χ1n) is 12.9. The number of hydrogen-bond acceptors (Lipinski definition) is 6. The Balaban J connectivity index is 1.42. The highest BCUT2D eigenvalue weighted by Crippen LogP contribution is 2.35. The van der Waals surface area contributed by atoms with Crippen molar-refractivity contribution in [2.24, 2.45) is 5.92 Å². The zero-order valence-corrected chi connectivity index (χ0v) is 21.2. The summed E-state index contributed by atoms with van der Waals surface area (Å²) in [5.74, 6) is -0.514. The lowest BCUT2D eigenvalue weighted by Gasteiger charge is -2.31. The Hall–Kier alpha value is -2.85. The monoisotopic (exact) mass is 512 g/mol. The number of aromatic nitrogens is 2. The molecule has 2 aromatic carbocycles. The SMILES string of the molecule is Cc1nn(-c2ccccc2)c(Oc2ccc(F)cc2F)c1CN(CC1CC1)C[C@@H](O)CN1CCOCC1. The molecule has 1 aliphatic heterocycles. The minimum absolute atomic E-state index is 0.0687.